The summed E-state index contributed by atoms with van der Waals surface area (Å²) in [6.07, 6.45) is 1.45. The highest BCUT2D eigenvalue weighted by molar-refractivity contribution is 7.59. The Hall–Kier alpha value is -3.98. The number of fused-ring (bicyclic) bond motifs is 2. The summed E-state index contributed by atoms with van der Waals surface area (Å²) in [4.78, 5) is 49.3. The fourth-order valence-electron chi connectivity index (χ4n) is 3.71. The minimum absolute atomic E-state index is 0. The number of cyclic esters (lactones) is 1. The Balaban J connectivity index is 0.00000190. The third-order valence-electron chi connectivity index (χ3n) is 5.41. The highest BCUT2D eigenvalue weighted by Gasteiger charge is 2.34. The highest BCUT2D eigenvalue weighted by atomic mass is 32.1. The van der Waals surface area contributed by atoms with Crippen molar-refractivity contribution in [3.8, 4) is 11.6 Å². The lowest BCUT2D eigenvalue weighted by molar-refractivity contribution is -0.118. The van der Waals surface area contributed by atoms with Gasteiger partial charge in [0, 0.05) is 20.1 Å². The van der Waals surface area contributed by atoms with E-state index in [1.165, 1.54) is 34.8 Å². The van der Waals surface area contributed by atoms with Crippen molar-refractivity contribution < 1.29 is 28.2 Å². The summed E-state index contributed by atoms with van der Waals surface area (Å²) in [5.41, 5.74) is 0.327. The molecular weight excluding hydrogens is 509 g/mol. The predicted molar refractivity (Wildman–Crippen MR) is 136 cm³/mol. The van der Waals surface area contributed by atoms with Crippen LogP contribution >= 0.6 is 13.5 Å². The van der Waals surface area contributed by atoms with E-state index in [9.17, 15) is 18.8 Å². The molecule has 0 unspecified atom stereocenters. The van der Waals surface area contributed by atoms with E-state index in [4.69, 9.17) is 14.2 Å². The van der Waals surface area contributed by atoms with Crippen LogP contribution in [0.2, 0.25) is 0 Å². The van der Waals surface area contributed by atoms with Crippen molar-refractivity contribution in [2.75, 3.05) is 43.1 Å². The summed E-state index contributed by atoms with van der Waals surface area (Å²) in [6.45, 7) is 0.786. The maximum absolute atomic E-state index is 14.4. The van der Waals surface area contributed by atoms with Gasteiger partial charge in [-0.15, -0.1) is 0 Å². The fraction of sp³-hybridized carbons (Fsp3) is 0.364. The standard InChI is InChI=1S/C21H20FN7O6.CH4.H2S/c1-28-16(31)8-24-13-3-2-12(22)18(17(13)28)33-5-4-23-6-11-9-29(21(32)35-11)14-7-25-20-19(26-14)27-15(30)10-34-20;;/h2-3,7-8,11,23H,4-6,9-10H2,1H3,(H,26,27,30);1H4;1H2/t11-;;/m0../s1. The van der Waals surface area contributed by atoms with Gasteiger partial charge < -0.3 is 29.4 Å². The van der Waals surface area contributed by atoms with Crippen LogP contribution < -0.4 is 30.6 Å². The van der Waals surface area contributed by atoms with Crippen LogP contribution in [0.15, 0.2) is 29.3 Å². The molecule has 198 valence electrons. The lowest BCUT2D eigenvalue weighted by Crippen LogP contribution is -2.33. The van der Waals surface area contributed by atoms with Crippen LogP contribution in [0.3, 0.4) is 0 Å². The van der Waals surface area contributed by atoms with Gasteiger partial charge in [0.2, 0.25) is 0 Å². The largest absolute Gasteiger partial charge is 0.487 e. The van der Waals surface area contributed by atoms with Gasteiger partial charge >= 0.3 is 6.09 Å². The summed E-state index contributed by atoms with van der Waals surface area (Å²) < 4.78 is 31.8. The van der Waals surface area contributed by atoms with E-state index in [1.54, 1.807) is 0 Å². The van der Waals surface area contributed by atoms with Crippen molar-refractivity contribution in [1.82, 2.24) is 24.8 Å². The first-order chi connectivity index (χ1) is 16.9. The van der Waals surface area contributed by atoms with Crippen LogP contribution in [0.5, 0.6) is 11.6 Å². The van der Waals surface area contributed by atoms with E-state index in [0.717, 1.165) is 6.20 Å². The summed E-state index contributed by atoms with van der Waals surface area (Å²) in [7, 11) is 1.52. The molecule has 1 atom stereocenters. The Morgan fingerprint density at radius 3 is 2.86 bits per heavy atom. The second kappa shape index (κ2) is 11.4. The molecule has 4 heterocycles. The van der Waals surface area contributed by atoms with E-state index in [2.05, 4.69) is 25.6 Å². The fourth-order valence-corrected chi connectivity index (χ4v) is 3.71. The maximum atomic E-state index is 14.4. The van der Waals surface area contributed by atoms with Crippen LogP contribution in [-0.4, -0.2) is 70.5 Å². The van der Waals surface area contributed by atoms with Gasteiger partial charge in [-0.05, 0) is 12.1 Å². The second-order valence-electron chi connectivity index (χ2n) is 7.79. The number of amides is 2. The van der Waals surface area contributed by atoms with Gasteiger partial charge in [0.25, 0.3) is 17.3 Å². The number of aryl methyl sites for hydroxylation is 1. The zero-order chi connectivity index (χ0) is 24.5. The molecule has 1 fully saturated rings. The average Bonchev–Trinajstić information content (AvgIpc) is 3.22. The normalized spacial score (nSPS) is 16.2. The third-order valence-corrected chi connectivity index (χ3v) is 5.41. The Morgan fingerprint density at radius 1 is 1.24 bits per heavy atom. The first-order valence-electron chi connectivity index (χ1n) is 10.7. The van der Waals surface area contributed by atoms with Crippen LogP contribution in [0.1, 0.15) is 7.43 Å². The van der Waals surface area contributed by atoms with Gasteiger partial charge in [0.05, 0.1) is 24.5 Å². The number of aromatic nitrogens is 4. The monoisotopic (exact) mass is 535 g/mol. The van der Waals surface area contributed by atoms with E-state index in [1.807, 2.05) is 0 Å². The zero-order valence-electron chi connectivity index (χ0n) is 19.0. The molecule has 1 aromatic carbocycles. The summed E-state index contributed by atoms with van der Waals surface area (Å²) in [6, 6.07) is 2.71. The van der Waals surface area contributed by atoms with E-state index in [-0.39, 0.29) is 80.9 Å². The van der Waals surface area contributed by atoms with E-state index in [0.29, 0.717) is 18.6 Å². The minimum Gasteiger partial charge on any atom is -0.487 e. The number of hydrogen-bond donors (Lipinski definition) is 2. The van der Waals surface area contributed by atoms with Crippen molar-refractivity contribution >= 4 is 48.2 Å². The Kier molecular flexibility index (Phi) is 8.49. The second-order valence-corrected chi connectivity index (χ2v) is 7.79. The van der Waals surface area contributed by atoms with Crippen LogP contribution in [0, 0.1) is 5.82 Å². The quantitative estimate of drug-likeness (QED) is 0.419. The zero-order valence-corrected chi connectivity index (χ0v) is 20.0. The minimum atomic E-state index is -0.603. The van der Waals surface area contributed by atoms with Crippen molar-refractivity contribution in [1.29, 1.82) is 0 Å². The Morgan fingerprint density at radius 2 is 2.05 bits per heavy atom. The number of rotatable bonds is 7. The lowest BCUT2D eigenvalue weighted by atomic mass is 10.2. The molecule has 1 saturated heterocycles. The number of halogens is 1. The van der Waals surface area contributed by atoms with Crippen LogP contribution in [0.4, 0.5) is 20.8 Å². The first-order valence-corrected chi connectivity index (χ1v) is 10.7. The number of nitrogens with zero attached hydrogens (tertiary/aromatic N) is 5. The number of anilines is 2. The molecule has 2 amide bonds. The summed E-state index contributed by atoms with van der Waals surface area (Å²) >= 11 is 0. The summed E-state index contributed by atoms with van der Waals surface area (Å²) in [5, 5.41) is 5.63. The molecule has 0 aliphatic carbocycles. The molecule has 3 aromatic rings. The molecule has 2 aliphatic rings. The van der Waals surface area contributed by atoms with E-state index < -0.39 is 18.0 Å². The van der Waals surface area contributed by atoms with Gasteiger partial charge in [-0.2, -0.15) is 13.5 Å². The molecule has 2 aliphatic heterocycles. The summed E-state index contributed by atoms with van der Waals surface area (Å²) in [5.74, 6) is -0.488. The van der Waals surface area contributed by atoms with Gasteiger partial charge in [-0.1, -0.05) is 7.43 Å². The number of hydrogen-bond acceptors (Lipinski definition) is 10. The smallest absolute Gasteiger partial charge is 0.416 e. The molecular formula is C22H26FN7O6S. The van der Waals surface area contributed by atoms with Crippen LogP contribution in [0.25, 0.3) is 11.0 Å². The molecule has 0 saturated carbocycles. The average molecular weight is 536 g/mol. The molecule has 0 radical (unpaired) electrons. The topological polar surface area (TPSA) is 150 Å². The van der Waals surface area contributed by atoms with Crippen LogP contribution in [-0.2, 0) is 16.6 Å². The maximum Gasteiger partial charge on any atom is 0.416 e. The first kappa shape index (κ1) is 27.6. The van der Waals surface area contributed by atoms with Crippen molar-refractivity contribution in [2.45, 2.75) is 13.5 Å². The van der Waals surface area contributed by atoms with Crippen molar-refractivity contribution in [3.05, 3.63) is 40.7 Å². The van der Waals surface area contributed by atoms with E-state index >= 15 is 0 Å². The molecule has 13 nitrogen and oxygen atoms in total. The molecule has 0 spiro atoms. The highest BCUT2D eigenvalue weighted by Crippen LogP contribution is 2.28. The van der Waals surface area contributed by atoms with Gasteiger partial charge in [-0.3, -0.25) is 14.5 Å². The molecule has 2 aromatic heterocycles. The SMILES string of the molecule is C.Cn1c(=O)cnc2ccc(F)c(OCCNC[C@H]3CN(c4cnc5c(n4)NC(=O)CO5)C(=O)O3)c21.S. The molecule has 2 N–H and O–H groups in total. The third kappa shape index (κ3) is 5.56. The van der Waals surface area contributed by atoms with Gasteiger partial charge in [0.1, 0.15) is 18.2 Å². The number of nitrogens with one attached hydrogen (secondary N) is 2. The molecule has 15 heteroatoms. The van der Waals surface area contributed by atoms with Gasteiger partial charge in [0.15, 0.2) is 29.8 Å². The molecule has 37 heavy (non-hydrogen) atoms. The van der Waals surface area contributed by atoms with Crippen molar-refractivity contribution in [3.63, 3.8) is 0 Å². The number of ether oxygens (including phenoxy) is 3. The molecule has 5 rings (SSSR count). The number of benzene rings is 1. The predicted octanol–water partition coefficient (Wildman–Crippen LogP) is 0.936. The number of carbonyl (C=O) groups is 2. The Labute approximate surface area is 217 Å². The Bertz CT molecular complexity index is 1390. The van der Waals surface area contributed by atoms with Crippen molar-refractivity contribution in [2.24, 2.45) is 7.05 Å². The lowest BCUT2D eigenvalue weighted by Gasteiger charge is -2.18. The number of carbonyl (C=O) groups excluding carboxylic acids is 2. The van der Waals surface area contributed by atoms with Gasteiger partial charge in [-0.25, -0.2) is 24.1 Å². The molecule has 0 bridgehead atoms.